The summed E-state index contributed by atoms with van der Waals surface area (Å²) in [4.78, 5) is 3.92. The van der Waals surface area contributed by atoms with Gasteiger partial charge >= 0.3 is 0 Å². The number of hydrogen-bond acceptors (Lipinski definition) is 3. The molecule has 0 spiro atoms. The molecule has 1 rings (SSSR count). The third-order valence-electron chi connectivity index (χ3n) is 2.14. The predicted molar refractivity (Wildman–Crippen MR) is 58.3 cm³/mol. The van der Waals surface area contributed by atoms with E-state index in [4.69, 9.17) is 0 Å². The first kappa shape index (κ1) is 11.0. The molecule has 3 heteroatoms. The molecule has 3 nitrogen and oxygen atoms in total. The molecule has 78 valence electrons. The topological polar surface area (TPSA) is 45.1 Å². The first-order valence-corrected chi connectivity index (χ1v) is 5.00. The molecule has 2 N–H and O–H groups in total. The van der Waals surface area contributed by atoms with Gasteiger partial charge in [0.15, 0.2) is 0 Å². The summed E-state index contributed by atoms with van der Waals surface area (Å²) >= 11 is 0. The first-order valence-electron chi connectivity index (χ1n) is 5.00. The van der Waals surface area contributed by atoms with Gasteiger partial charge in [-0.1, -0.05) is 13.3 Å². The molecular weight excluding hydrogens is 176 g/mol. The average Bonchev–Trinajstić information content (AvgIpc) is 2.17. The fraction of sp³-hybridized carbons (Fsp3) is 0.545. The minimum atomic E-state index is -0.627. The molecule has 0 amide bonds. The van der Waals surface area contributed by atoms with Gasteiger partial charge < -0.3 is 10.4 Å². The standard InChI is InChI=1S/C11H18N2O/c1-3-6-11(2,14)9-13-10-4-7-12-8-5-10/h4-5,7-8,14H,3,6,9H2,1-2H3,(H,12,13). The minimum absolute atomic E-state index is 0.574. The Hall–Kier alpha value is -1.09. The summed E-state index contributed by atoms with van der Waals surface area (Å²) in [7, 11) is 0. The second kappa shape index (κ2) is 4.96. The highest BCUT2D eigenvalue weighted by atomic mass is 16.3. The molecule has 0 radical (unpaired) electrons. The lowest BCUT2D eigenvalue weighted by atomic mass is 10.0. The van der Waals surface area contributed by atoms with Crippen LogP contribution in [0.25, 0.3) is 0 Å². The Labute approximate surface area is 85.2 Å². The lowest BCUT2D eigenvalue weighted by Gasteiger charge is -2.23. The largest absolute Gasteiger partial charge is 0.388 e. The van der Waals surface area contributed by atoms with Gasteiger partial charge in [0.1, 0.15) is 0 Å². The zero-order valence-corrected chi connectivity index (χ0v) is 8.83. The summed E-state index contributed by atoms with van der Waals surface area (Å²) in [6, 6.07) is 3.78. The van der Waals surface area contributed by atoms with Crippen molar-refractivity contribution in [2.45, 2.75) is 32.3 Å². The maximum atomic E-state index is 9.90. The number of rotatable bonds is 5. The van der Waals surface area contributed by atoms with E-state index < -0.39 is 5.60 Å². The maximum absolute atomic E-state index is 9.90. The Morgan fingerprint density at radius 3 is 2.64 bits per heavy atom. The van der Waals surface area contributed by atoms with Crippen molar-refractivity contribution in [2.24, 2.45) is 0 Å². The van der Waals surface area contributed by atoms with Crippen LogP contribution in [0.5, 0.6) is 0 Å². The molecule has 0 bridgehead atoms. The van der Waals surface area contributed by atoms with E-state index in [9.17, 15) is 5.11 Å². The van der Waals surface area contributed by atoms with Crippen molar-refractivity contribution < 1.29 is 5.11 Å². The lowest BCUT2D eigenvalue weighted by molar-refractivity contribution is 0.0637. The highest BCUT2D eigenvalue weighted by Crippen LogP contribution is 2.13. The SMILES string of the molecule is CCCC(C)(O)CNc1ccncc1. The van der Waals surface area contributed by atoms with Gasteiger partial charge in [0, 0.05) is 24.6 Å². The molecule has 14 heavy (non-hydrogen) atoms. The van der Waals surface area contributed by atoms with Crippen LogP contribution in [0.4, 0.5) is 5.69 Å². The van der Waals surface area contributed by atoms with Crippen molar-refractivity contribution in [3.8, 4) is 0 Å². The van der Waals surface area contributed by atoms with E-state index in [-0.39, 0.29) is 0 Å². The maximum Gasteiger partial charge on any atom is 0.0791 e. The van der Waals surface area contributed by atoms with E-state index in [1.54, 1.807) is 12.4 Å². The molecule has 0 aliphatic heterocycles. The normalized spacial score (nSPS) is 14.8. The van der Waals surface area contributed by atoms with Gasteiger partial charge in [-0.05, 0) is 25.5 Å². The van der Waals surface area contributed by atoms with Crippen molar-refractivity contribution in [3.05, 3.63) is 24.5 Å². The number of nitrogens with one attached hydrogen (secondary N) is 1. The highest BCUT2D eigenvalue weighted by Gasteiger charge is 2.18. The van der Waals surface area contributed by atoms with Gasteiger partial charge in [0.2, 0.25) is 0 Å². The Kier molecular flexibility index (Phi) is 3.89. The summed E-state index contributed by atoms with van der Waals surface area (Å²) in [5, 5.41) is 13.1. The molecule has 0 saturated carbocycles. The van der Waals surface area contributed by atoms with Gasteiger partial charge in [0.25, 0.3) is 0 Å². The second-order valence-electron chi connectivity index (χ2n) is 3.84. The molecule has 0 aliphatic rings. The smallest absolute Gasteiger partial charge is 0.0791 e. The quantitative estimate of drug-likeness (QED) is 0.754. The number of nitrogens with zero attached hydrogens (tertiary/aromatic N) is 1. The van der Waals surface area contributed by atoms with Crippen molar-refractivity contribution in [1.82, 2.24) is 4.98 Å². The Morgan fingerprint density at radius 1 is 1.43 bits per heavy atom. The average molecular weight is 194 g/mol. The Bertz CT molecular complexity index is 259. The summed E-state index contributed by atoms with van der Waals surface area (Å²) in [5.41, 5.74) is 0.370. The molecule has 1 atom stereocenters. The van der Waals surface area contributed by atoms with Crippen LogP contribution in [0.1, 0.15) is 26.7 Å². The van der Waals surface area contributed by atoms with Gasteiger partial charge in [-0.15, -0.1) is 0 Å². The van der Waals surface area contributed by atoms with Crippen LogP contribution in [0.2, 0.25) is 0 Å². The third-order valence-corrected chi connectivity index (χ3v) is 2.14. The van der Waals surface area contributed by atoms with Gasteiger partial charge in [-0.25, -0.2) is 0 Å². The van der Waals surface area contributed by atoms with E-state index in [1.165, 1.54) is 0 Å². The summed E-state index contributed by atoms with van der Waals surface area (Å²) in [6.07, 6.45) is 5.27. The van der Waals surface area contributed by atoms with E-state index in [2.05, 4.69) is 17.2 Å². The first-order chi connectivity index (χ1) is 6.64. The van der Waals surface area contributed by atoms with Crippen LogP contribution in [0.15, 0.2) is 24.5 Å². The van der Waals surface area contributed by atoms with Crippen LogP contribution in [0.3, 0.4) is 0 Å². The van der Waals surface area contributed by atoms with Crippen molar-refractivity contribution in [1.29, 1.82) is 0 Å². The second-order valence-corrected chi connectivity index (χ2v) is 3.84. The van der Waals surface area contributed by atoms with Crippen molar-refractivity contribution in [3.63, 3.8) is 0 Å². The zero-order valence-electron chi connectivity index (χ0n) is 8.83. The minimum Gasteiger partial charge on any atom is -0.388 e. The Balaban J connectivity index is 2.40. The van der Waals surface area contributed by atoms with E-state index in [1.807, 2.05) is 19.1 Å². The molecule has 0 fully saturated rings. The summed E-state index contributed by atoms with van der Waals surface area (Å²) in [6.45, 7) is 4.50. The number of aliphatic hydroxyl groups is 1. The number of pyridine rings is 1. The fourth-order valence-electron chi connectivity index (χ4n) is 1.39. The summed E-state index contributed by atoms with van der Waals surface area (Å²) < 4.78 is 0. The zero-order chi connectivity index (χ0) is 10.4. The van der Waals surface area contributed by atoms with Crippen LogP contribution in [-0.2, 0) is 0 Å². The van der Waals surface area contributed by atoms with Gasteiger partial charge in [0.05, 0.1) is 5.60 Å². The monoisotopic (exact) mass is 194 g/mol. The van der Waals surface area contributed by atoms with Crippen LogP contribution in [0, 0.1) is 0 Å². The van der Waals surface area contributed by atoms with Gasteiger partial charge in [-0.2, -0.15) is 0 Å². The fourth-order valence-corrected chi connectivity index (χ4v) is 1.39. The third kappa shape index (κ3) is 3.75. The number of hydrogen-bond donors (Lipinski definition) is 2. The molecule has 1 heterocycles. The number of aromatic nitrogens is 1. The lowest BCUT2D eigenvalue weighted by Crippen LogP contribution is -2.33. The van der Waals surface area contributed by atoms with Crippen molar-refractivity contribution >= 4 is 5.69 Å². The van der Waals surface area contributed by atoms with Gasteiger partial charge in [-0.3, -0.25) is 4.98 Å². The van der Waals surface area contributed by atoms with Crippen LogP contribution < -0.4 is 5.32 Å². The van der Waals surface area contributed by atoms with Crippen LogP contribution in [-0.4, -0.2) is 22.2 Å². The predicted octanol–water partition coefficient (Wildman–Crippen LogP) is 2.04. The summed E-state index contributed by atoms with van der Waals surface area (Å²) in [5.74, 6) is 0. The van der Waals surface area contributed by atoms with E-state index in [0.717, 1.165) is 18.5 Å². The van der Waals surface area contributed by atoms with E-state index in [0.29, 0.717) is 6.54 Å². The number of anilines is 1. The molecule has 0 saturated heterocycles. The molecule has 0 aliphatic carbocycles. The molecule has 1 unspecified atom stereocenters. The molecule has 0 aromatic carbocycles. The molecular formula is C11H18N2O. The van der Waals surface area contributed by atoms with Crippen molar-refractivity contribution in [2.75, 3.05) is 11.9 Å². The van der Waals surface area contributed by atoms with Crippen LogP contribution >= 0.6 is 0 Å². The molecule has 1 aromatic heterocycles. The van der Waals surface area contributed by atoms with E-state index >= 15 is 0 Å². The Morgan fingerprint density at radius 2 is 2.07 bits per heavy atom. The molecule has 1 aromatic rings. The highest BCUT2D eigenvalue weighted by molar-refractivity contribution is 5.40.